The number of anilines is 2. The van der Waals surface area contributed by atoms with Crippen LogP contribution < -0.4 is 10.6 Å². The molecule has 1 atom stereocenters. The second kappa shape index (κ2) is 7.08. The van der Waals surface area contributed by atoms with Gasteiger partial charge in [-0.25, -0.2) is 0 Å². The van der Waals surface area contributed by atoms with Gasteiger partial charge in [-0.1, -0.05) is 17.7 Å². The minimum atomic E-state index is -0.945. The Hall–Kier alpha value is -2.96. The number of hydrogen-bond donors (Lipinski definition) is 2. The summed E-state index contributed by atoms with van der Waals surface area (Å²) >= 11 is 0. The van der Waals surface area contributed by atoms with E-state index in [2.05, 4.69) is 10.6 Å². The maximum absolute atomic E-state index is 13.3. The summed E-state index contributed by atoms with van der Waals surface area (Å²) in [5.74, 6) is -1.32. The van der Waals surface area contributed by atoms with Crippen LogP contribution in [0.1, 0.15) is 18.1 Å². The van der Waals surface area contributed by atoms with E-state index in [1.54, 1.807) is 6.92 Å². The summed E-state index contributed by atoms with van der Waals surface area (Å²) in [4.78, 5) is 22.1. The summed E-state index contributed by atoms with van der Waals surface area (Å²) in [7, 11) is 0. The standard InChI is InChI=1S/C17H18FN3O3/c1-10-4-7-15(11(2)8-10)19-12(3)17(22)20-13-5-6-14(18)16(9-13)21(23)24/h4-9,12,19H,1-3H3,(H,20,22)/t12-/m1/s1. The van der Waals surface area contributed by atoms with Gasteiger partial charge in [0.25, 0.3) is 0 Å². The summed E-state index contributed by atoms with van der Waals surface area (Å²) in [5.41, 5.74) is 2.44. The number of rotatable bonds is 5. The van der Waals surface area contributed by atoms with Crippen LogP contribution in [0.15, 0.2) is 36.4 Å². The lowest BCUT2D eigenvalue weighted by Crippen LogP contribution is -2.32. The molecule has 2 aromatic rings. The number of amides is 1. The third-order valence-corrected chi connectivity index (χ3v) is 3.56. The maximum atomic E-state index is 13.3. The van der Waals surface area contributed by atoms with Crippen LogP contribution in [-0.4, -0.2) is 16.9 Å². The van der Waals surface area contributed by atoms with E-state index in [1.807, 2.05) is 32.0 Å². The highest BCUT2D eigenvalue weighted by atomic mass is 19.1. The second-order valence-electron chi connectivity index (χ2n) is 5.60. The van der Waals surface area contributed by atoms with Gasteiger partial charge in [-0.3, -0.25) is 14.9 Å². The Morgan fingerprint density at radius 1 is 1.21 bits per heavy atom. The molecule has 0 saturated carbocycles. The number of benzene rings is 2. The molecule has 0 radical (unpaired) electrons. The molecule has 0 aromatic heterocycles. The van der Waals surface area contributed by atoms with E-state index in [9.17, 15) is 19.3 Å². The molecular weight excluding hydrogens is 313 g/mol. The predicted molar refractivity (Wildman–Crippen MR) is 90.7 cm³/mol. The highest BCUT2D eigenvalue weighted by molar-refractivity contribution is 5.96. The highest BCUT2D eigenvalue weighted by Gasteiger charge is 2.18. The fourth-order valence-electron chi connectivity index (χ4n) is 2.26. The molecule has 24 heavy (non-hydrogen) atoms. The lowest BCUT2D eigenvalue weighted by atomic mass is 10.1. The van der Waals surface area contributed by atoms with Crippen LogP contribution in [0, 0.1) is 29.8 Å². The van der Waals surface area contributed by atoms with Gasteiger partial charge < -0.3 is 10.6 Å². The van der Waals surface area contributed by atoms with Crippen LogP contribution in [0.25, 0.3) is 0 Å². The van der Waals surface area contributed by atoms with Gasteiger partial charge in [-0.05, 0) is 44.5 Å². The van der Waals surface area contributed by atoms with Crippen molar-refractivity contribution < 1.29 is 14.1 Å². The van der Waals surface area contributed by atoms with Crippen molar-refractivity contribution in [1.29, 1.82) is 0 Å². The fraction of sp³-hybridized carbons (Fsp3) is 0.235. The molecule has 0 fully saturated rings. The number of halogens is 1. The van der Waals surface area contributed by atoms with Crippen LogP contribution in [-0.2, 0) is 4.79 Å². The molecule has 0 heterocycles. The Balaban J connectivity index is 2.09. The van der Waals surface area contributed by atoms with Crippen molar-refractivity contribution in [3.05, 3.63) is 63.5 Å². The Morgan fingerprint density at radius 2 is 1.92 bits per heavy atom. The van der Waals surface area contributed by atoms with Crippen molar-refractivity contribution >= 4 is 23.0 Å². The van der Waals surface area contributed by atoms with Gasteiger partial charge in [0.15, 0.2) is 0 Å². The summed E-state index contributed by atoms with van der Waals surface area (Å²) in [6.07, 6.45) is 0. The molecule has 0 aliphatic heterocycles. The predicted octanol–water partition coefficient (Wildman–Crippen LogP) is 3.79. The number of aryl methyl sites for hydroxylation is 2. The summed E-state index contributed by atoms with van der Waals surface area (Å²) < 4.78 is 13.3. The lowest BCUT2D eigenvalue weighted by Gasteiger charge is -2.17. The van der Waals surface area contributed by atoms with E-state index < -0.39 is 22.5 Å². The van der Waals surface area contributed by atoms with Gasteiger partial charge in [-0.15, -0.1) is 0 Å². The Bertz CT molecular complexity index is 793. The maximum Gasteiger partial charge on any atom is 0.306 e. The Labute approximate surface area is 138 Å². The number of nitro benzene ring substituents is 1. The minimum Gasteiger partial charge on any atom is -0.374 e. The summed E-state index contributed by atoms with van der Waals surface area (Å²) in [6, 6.07) is 8.48. The van der Waals surface area contributed by atoms with Crippen molar-refractivity contribution in [1.82, 2.24) is 0 Å². The van der Waals surface area contributed by atoms with Crippen molar-refractivity contribution in [2.45, 2.75) is 26.8 Å². The zero-order valence-electron chi connectivity index (χ0n) is 13.6. The number of carbonyl (C=O) groups is 1. The van der Waals surface area contributed by atoms with Gasteiger partial charge >= 0.3 is 5.69 Å². The van der Waals surface area contributed by atoms with Crippen molar-refractivity contribution in [3.8, 4) is 0 Å². The smallest absolute Gasteiger partial charge is 0.306 e. The molecule has 0 aliphatic rings. The van der Waals surface area contributed by atoms with Crippen LogP contribution >= 0.6 is 0 Å². The van der Waals surface area contributed by atoms with Gasteiger partial charge in [-0.2, -0.15) is 4.39 Å². The quantitative estimate of drug-likeness (QED) is 0.645. The van der Waals surface area contributed by atoms with Gasteiger partial charge in [0.05, 0.1) is 4.92 Å². The number of nitro groups is 1. The van der Waals surface area contributed by atoms with Gasteiger partial charge in [0.1, 0.15) is 6.04 Å². The SMILES string of the molecule is Cc1ccc(N[C@H](C)C(=O)Nc2ccc(F)c([N+](=O)[O-])c2)c(C)c1. The van der Waals surface area contributed by atoms with E-state index in [0.717, 1.165) is 28.9 Å². The van der Waals surface area contributed by atoms with E-state index in [-0.39, 0.29) is 11.6 Å². The van der Waals surface area contributed by atoms with Crippen molar-refractivity contribution in [3.63, 3.8) is 0 Å². The molecule has 0 saturated heterocycles. The first-order valence-corrected chi connectivity index (χ1v) is 7.36. The van der Waals surface area contributed by atoms with E-state index in [0.29, 0.717) is 0 Å². The summed E-state index contributed by atoms with van der Waals surface area (Å²) in [6.45, 7) is 5.59. The highest BCUT2D eigenvalue weighted by Crippen LogP contribution is 2.22. The van der Waals surface area contributed by atoms with Crippen LogP contribution in [0.5, 0.6) is 0 Å². The topological polar surface area (TPSA) is 84.3 Å². The molecule has 0 unspecified atom stereocenters. The number of hydrogen-bond acceptors (Lipinski definition) is 4. The monoisotopic (exact) mass is 331 g/mol. The first-order valence-electron chi connectivity index (χ1n) is 7.36. The summed E-state index contributed by atoms with van der Waals surface area (Å²) in [5, 5.41) is 16.4. The fourth-order valence-corrected chi connectivity index (χ4v) is 2.26. The molecular formula is C17H18FN3O3. The van der Waals surface area contributed by atoms with Gasteiger partial charge in [0, 0.05) is 17.4 Å². The largest absolute Gasteiger partial charge is 0.374 e. The molecule has 0 aliphatic carbocycles. The minimum absolute atomic E-state index is 0.169. The van der Waals surface area contributed by atoms with Crippen molar-refractivity contribution in [2.24, 2.45) is 0 Å². The lowest BCUT2D eigenvalue weighted by molar-refractivity contribution is -0.387. The van der Waals surface area contributed by atoms with Crippen LogP contribution in [0.4, 0.5) is 21.5 Å². The number of carbonyl (C=O) groups excluding carboxylic acids is 1. The third-order valence-electron chi connectivity index (χ3n) is 3.56. The van der Waals surface area contributed by atoms with Crippen LogP contribution in [0.2, 0.25) is 0 Å². The molecule has 6 nitrogen and oxygen atoms in total. The molecule has 1 amide bonds. The molecule has 0 bridgehead atoms. The third kappa shape index (κ3) is 4.07. The molecule has 2 rings (SSSR count). The molecule has 126 valence electrons. The number of nitrogens with zero attached hydrogens (tertiary/aromatic N) is 1. The zero-order valence-corrected chi connectivity index (χ0v) is 13.6. The average Bonchev–Trinajstić information content (AvgIpc) is 2.51. The molecule has 7 heteroatoms. The van der Waals surface area contributed by atoms with E-state index in [1.165, 1.54) is 6.07 Å². The first-order chi connectivity index (χ1) is 11.3. The average molecular weight is 331 g/mol. The Kier molecular flexibility index (Phi) is 5.13. The first kappa shape index (κ1) is 17.4. The van der Waals surface area contributed by atoms with Crippen molar-refractivity contribution in [2.75, 3.05) is 10.6 Å². The van der Waals surface area contributed by atoms with E-state index >= 15 is 0 Å². The normalized spacial score (nSPS) is 11.7. The van der Waals surface area contributed by atoms with Crippen LogP contribution in [0.3, 0.4) is 0 Å². The second-order valence-corrected chi connectivity index (χ2v) is 5.60. The van der Waals surface area contributed by atoms with E-state index in [4.69, 9.17) is 0 Å². The zero-order chi connectivity index (χ0) is 17.9. The molecule has 2 N–H and O–H groups in total. The molecule has 0 spiro atoms. The molecule has 2 aromatic carbocycles. The Morgan fingerprint density at radius 3 is 2.54 bits per heavy atom. The number of nitrogens with one attached hydrogen (secondary N) is 2. The van der Waals surface area contributed by atoms with Gasteiger partial charge in [0.2, 0.25) is 11.7 Å².